The molecule has 1 aromatic carbocycles. The minimum absolute atomic E-state index is 0.0620. The molecule has 1 aliphatic carbocycles. The van der Waals surface area contributed by atoms with Gasteiger partial charge in [0.05, 0.1) is 18.8 Å². The van der Waals surface area contributed by atoms with Crippen LogP contribution < -0.4 is 15.4 Å². The Bertz CT molecular complexity index is 1180. The van der Waals surface area contributed by atoms with E-state index in [9.17, 15) is 17.6 Å². The predicted molar refractivity (Wildman–Crippen MR) is 112 cm³/mol. The SMILES string of the molecule is COc1ccc(C(=O)Nc2ccc(F)c([C@@]3(C)NC(=N)N(C)S(=O)(=O)C34CC4)c2)nc1. The van der Waals surface area contributed by atoms with E-state index in [-0.39, 0.29) is 22.9 Å². The lowest BCUT2D eigenvalue weighted by Gasteiger charge is -2.47. The first-order valence-electron chi connectivity index (χ1n) is 9.52. The number of anilines is 1. The van der Waals surface area contributed by atoms with Gasteiger partial charge in [0.2, 0.25) is 16.0 Å². The van der Waals surface area contributed by atoms with E-state index in [2.05, 4.69) is 15.6 Å². The molecule has 0 radical (unpaired) electrons. The summed E-state index contributed by atoms with van der Waals surface area (Å²) in [6.07, 6.45) is 2.08. The Balaban J connectivity index is 1.69. The Hall–Kier alpha value is -3.21. The maximum atomic E-state index is 14.9. The summed E-state index contributed by atoms with van der Waals surface area (Å²) in [5.41, 5.74) is -0.899. The van der Waals surface area contributed by atoms with Crippen molar-refractivity contribution in [2.75, 3.05) is 19.5 Å². The minimum atomic E-state index is -3.87. The van der Waals surface area contributed by atoms with E-state index in [4.69, 9.17) is 10.1 Å². The third-order valence-electron chi connectivity index (χ3n) is 6.12. The number of carbonyl (C=O) groups is 1. The maximum absolute atomic E-state index is 14.9. The Morgan fingerprint density at radius 2 is 2.03 bits per heavy atom. The van der Waals surface area contributed by atoms with Gasteiger partial charge >= 0.3 is 0 Å². The molecule has 9 nitrogen and oxygen atoms in total. The number of nitrogens with zero attached hydrogens (tertiary/aromatic N) is 2. The van der Waals surface area contributed by atoms with E-state index >= 15 is 0 Å². The highest BCUT2D eigenvalue weighted by molar-refractivity contribution is 7.91. The zero-order valence-electron chi connectivity index (χ0n) is 17.2. The number of carbonyl (C=O) groups excluding carboxylic acids is 1. The fraction of sp³-hybridized carbons (Fsp3) is 0.350. The van der Waals surface area contributed by atoms with Crippen molar-refractivity contribution >= 4 is 27.6 Å². The Labute approximate surface area is 179 Å². The maximum Gasteiger partial charge on any atom is 0.274 e. The monoisotopic (exact) mass is 447 g/mol. The molecule has 31 heavy (non-hydrogen) atoms. The Kier molecular flexibility index (Phi) is 4.69. The summed E-state index contributed by atoms with van der Waals surface area (Å²) in [5, 5.41) is 13.6. The number of benzene rings is 1. The first-order valence-corrected chi connectivity index (χ1v) is 11.0. The molecule has 1 saturated heterocycles. The average molecular weight is 447 g/mol. The minimum Gasteiger partial charge on any atom is -0.495 e. The number of halogens is 1. The van der Waals surface area contributed by atoms with E-state index in [0.29, 0.717) is 18.6 Å². The molecule has 1 amide bonds. The van der Waals surface area contributed by atoms with Gasteiger partial charge in [0.25, 0.3) is 5.91 Å². The van der Waals surface area contributed by atoms with Crippen molar-refractivity contribution in [2.24, 2.45) is 0 Å². The second-order valence-electron chi connectivity index (χ2n) is 7.80. The fourth-order valence-electron chi connectivity index (χ4n) is 4.07. The fourth-order valence-corrected chi connectivity index (χ4v) is 6.18. The van der Waals surface area contributed by atoms with Crippen molar-refractivity contribution < 1.29 is 22.3 Å². The smallest absolute Gasteiger partial charge is 0.274 e. The molecule has 1 aliphatic heterocycles. The number of amides is 1. The number of hydrogen-bond donors (Lipinski definition) is 3. The molecule has 1 aromatic heterocycles. The highest BCUT2D eigenvalue weighted by Crippen LogP contribution is 2.58. The number of guanidine groups is 1. The second kappa shape index (κ2) is 6.91. The Morgan fingerprint density at radius 1 is 1.32 bits per heavy atom. The summed E-state index contributed by atoms with van der Waals surface area (Å²) >= 11 is 0. The number of hydrogen-bond acceptors (Lipinski definition) is 6. The molecule has 2 fully saturated rings. The molecular weight excluding hydrogens is 425 g/mol. The van der Waals surface area contributed by atoms with Crippen LogP contribution in [0.25, 0.3) is 0 Å². The number of methoxy groups -OCH3 is 1. The molecule has 11 heteroatoms. The molecule has 2 aromatic rings. The number of nitrogens with one attached hydrogen (secondary N) is 3. The number of rotatable bonds is 4. The quantitative estimate of drug-likeness (QED) is 0.659. The summed E-state index contributed by atoms with van der Waals surface area (Å²) in [6.45, 7) is 1.58. The van der Waals surface area contributed by atoms with Crippen LogP contribution in [0.3, 0.4) is 0 Å². The highest BCUT2D eigenvalue weighted by Gasteiger charge is 2.71. The van der Waals surface area contributed by atoms with E-state index in [1.165, 1.54) is 44.6 Å². The molecule has 0 unspecified atom stereocenters. The second-order valence-corrected chi connectivity index (χ2v) is 10.1. The molecule has 2 heterocycles. The van der Waals surface area contributed by atoms with Gasteiger partial charge in [-0.25, -0.2) is 22.1 Å². The number of ether oxygens (including phenoxy) is 1. The van der Waals surface area contributed by atoms with E-state index in [1.807, 2.05) is 0 Å². The largest absolute Gasteiger partial charge is 0.495 e. The number of pyridine rings is 1. The summed E-state index contributed by atoms with van der Waals surface area (Å²) in [5.74, 6) is -0.978. The van der Waals surface area contributed by atoms with Gasteiger partial charge in [-0.05, 0) is 50.1 Å². The van der Waals surface area contributed by atoms with Crippen molar-refractivity contribution in [2.45, 2.75) is 30.1 Å². The summed E-state index contributed by atoms with van der Waals surface area (Å²) in [6, 6.07) is 7.04. The van der Waals surface area contributed by atoms with Crippen LogP contribution in [0.1, 0.15) is 35.8 Å². The van der Waals surface area contributed by atoms with Crippen molar-refractivity contribution in [3.05, 3.63) is 53.6 Å². The first kappa shape index (κ1) is 21.0. The number of aromatic nitrogens is 1. The van der Waals surface area contributed by atoms with Gasteiger partial charge in [0, 0.05) is 18.3 Å². The highest BCUT2D eigenvalue weighted by atomic mass is 32.2. The lowest BCUT2D eigenvalue weighted by atomic mass is 9.85. The van der Waals surface area contributed by atoms with Crippen LogP contribution in [0, 0.1) is 11.2 Å². The first-order chi connectivity index (χ1) is 14.6. The molecule has 0 bridgehead atoms. The van der Waals surface area contributed by atoms with Crippen LogP contribution in [-0.2, 0) is 15.6 Å². The Morgan fingerprint density at radius 3 is 2.61 bits per heavy atom. The van der Waals surface area contributed by atoms with Gasteiger partial charge < -0.3 is 15.4 Å². The van der Waals surface area contributed by atoms with E-state index < -0.39 is 32.0 Å². The summed E-state index contributed by atoms with van der Waals surface area (Å²) in [7, 11) is -1.07. The van der Waals surface area contributed by atoms with Crippen LogP contribution >= 0.6 is 0 Å². The van der Waals surface area contributed by atoms with Crippen molar-refractivity contribution in [1.82, 2.24) is 14.6 Å². The zero-order chi connectivity index (χ0) is 22.6. The van der Waals surface area contributed by atoms with Crippen LogP contribution in [-0.4, -0.2) is 48.5 Å². The molecule has 1 atom stereocenters. The van der Waals surface area contributed by atoms with Gasteiger partial charge in [0.1, 0.15) is 22.0 Å². The van der Waals surface area contributed by atoms with Gasteiger partial charge in [-0.15, -0.1) is 0 Å². The molecule has 2 aliphatic rings. The van der Waals surface area contributed by atoms with Gasteiger partial charge in [-0.1, -0.05) is 0 Å². The average Bonchev–Trinajstić information content (AvgIpc) is 3.56. The van der Waals surface area contributed by atoms with Crippen molar-refractivity contribution in [3.8, 4) is 5.75 Å². The van der Waals surface area contributed by atoms with E-state index in [1.54, 1.807) is 13.0 Å². The third-order valence-corrected chi connectivity index (χ3v) is 8.83. The normalized spacial score (nSPS) is 23.2. The standard InChI is InChI=1S/C20H22FN5O4S/c1-19(20(8-9-20)31(28,29)26(2)18(22)25-19)14-10-12(4-6-15(14)21)24-17(27)16-7-5-13(30-3)11-23-16/h4-7,10-11H,8-9H2,1-3H3,(H2,22,25)(H,24,27)/t19-/m1/s1. The zero-order valence-corrected chi connectivity index (χ0v) is 18.0. The molecule has 164 valence electrons. The lowest BCUT2D eigenvalue weighted by molar-refractivity contribution is 0.102. The predicted octanol–water partition coefficient (Wildman–Crippen LogP) is 2.03. The van der Waals surface area contributed by atoms with Gasteiger partial charge in [-0.3, -0.25) is 10.2 Å². The van der Waals surface area contributed by atoms with Gasteiger partial charge in [0.15, 0.2) is 0 Å². The van der Waals surface area contributed by atoms with Crippen LogP contribution in [0.2, 0.25) is 0 Å². The molecule has 1 spiro atoms. The molecule has 4 rings (SSSR count). The van der Waals surface area contributed by atoms with Gasteiger partial charge in [-0.2, -0.15) is 0 Å². The van der Waals surface area contributed by atoms with Crippen molar-refractivity contribution in [1.29, 1.82) is 5.41 Å². The lowest BCUT2D eigenvalue weighted by Crippen LogP contribution is -2.67. The van der Waals surface area contributed by atoms with Crippen LogP contribution in [0.4, 0.5) is 10.1 Å². The summed E-state index contributed by atoms with van der Waals surface area (Å²) in [4.78, 5) is 16.6. The molecule has 1 saturated carbocycles. The van der Waals surface area contributed by atoms with E-state index in [0.717, 1.165) is 4.31 Å². The van der Waals surface area contributed by atoms with Crippen LogP contribution in [0.5, 0.6) is 5.75 Å². The van der Waals surface area contributed by atoms with Crippen molar-refractivity contribution in [3.63, 3.8) is 0 Å². The topological polar surface area (TPSA) is 124 Å². The third kappa shape index (κ3) is 3.02. The summed E-state index contributed by atoms with van der Waals surface area (Å²) < 4.78 is 45.7. The number of sulfonamides is 1. The molecular formula is C20H22FN5O4S. The van der Waals surface area contributed by atoms with Crippen LogP contribution in [0.15, 0.2) is 36.5 Å². The molecule has 3 N–H and O–H groups in total.